The Labute approximate surface area is 114 Å². The van der Waals surface area contributed by atoms with E-state index in [1.165, 1.54) is 12.1 Å². The molecule has 1 heterocycles. The van der Waals surface area contributed by atoms with Crippen LogP contribution in [0.3, 0.4) is 0 Å². The lowest BCUT2D eigenvalue weighted by Crippen LogP contribution is -1.92. The number of para-hydroxylation sites is 1. The predicted molar refractivity (Wildman–Crippen MR) is 73.6 cm³/mol. The molecule has 0 aliphatic carbocycles. The third kappa shape index (κ3) is 2.36. The molecule has 0 atom stereocenters. The van der Waals surface area contributed by atoms with E-state index in [4.69, 9.17) is 4.74 Å². The number of hydrogen-bond acceptors (Lipinski definition) is 3. The zero-order valence-corrected chi connectivity index (χ0v) is 10.4. The molecule has 4 heteroatoms. The van der Waals surface area contributed by atoms with Crippen molar-refractivity contribution in [3.05, 3.63) is 66.1 Å². The number of benzene rings is 2. The first-order valence-corrected chi connectivity index (χ1v) is 6.03. The average Bonchev–Trinajstić information content (AvgIpc) is 2.49. The molecule has 0 N–H and O–H groups in total. The zero-order valence-electron chi connectivity index (χ0n) is 10.4. The molecule has 1 aromatic heterocycles. The lowest BCUT2D eigenvalue weighted by molar-refractivity contribution is 0.112. The Hall–Kier alpha value is -2.75. The monoisotopic (exact) mass is 267 g/mol. The molecule has 0 bridgehead atoms. The topological polar surface area (TPSA) is 39.2 Å². The van der Waals surface area contributed by atoms with Crippen molar-refractivity contribution in [2.24, 2.45) is 0 Å². The van der Waals surface area contributed by atoms with Gasteiger partial charge in [0.25, 0.3) is 0 Å². The predicted octanol–water partition coefficient (Wildman–Crippen LogP) is 3.98. The second-order valence-corrected chi connectivity index (χ2v) is 4.27. The number of pyridine rings is 1. The van der Waals surface area contributed by atoms with Gasteiger partial charge in [0.05, 0.1) is 17.3 Å². The maximum atomic E-state index is 13.1. The molecule has 0 fully saturated rings. The van der Waals surface area contributed by atoms with Gasteiger partial charge in [0.15, 0.2) is 6.29 Å². The smallest absolute Gasteiger partial charge is 0.153 e. The van der Waals surface area contributed by atoms with Gasteiger partial charge in [-0.2, -0.15) is 0 Å². The van der Waals surface area contributed by atoms with Crippen LogP contribution >= 0.6 is 0 Å². The molecule has 0 radical (unpaired) electrons. The molecular formula is C16H10FNO2. The molecule has 3 aromatic rings. The van der Waals surface area contributed by atoms with Crippen molar-refractivity contribution in [2.45, 2.75) is 0 Å². The minimum atomic E-state index is -0.476. The number of rotatable bonds is 3. The number of aldehydes is 1. The number of nitrogens with zero attached hydrogens (tertiary/aromatic N) is 1. The Morgan fingerprint density at radius 2 is 1.95 bits per heavy atom. The highest BCUT2D eigenvalue weighted by atomic mass is 19.1. The summed E-state index contributed by atoms with van der Waals surface area (Å²) in [6.45, 7) is 0. The van der Waals surface area contributed by atoms with Crippen molar-refractivity contribution in [1.82, 2.24) is 4.98 Å². The zero-order chi connectivity index (χ0) is 13.9. The van der Waals surface area contributed by atoms with E-state index in [2.05, 4.69) is 4.98 Å². The molecule has 0 aliphatic rings. The Morgan fingerprint density at radius 3 is 2.80 bits per heavy atom. The van der Waals surface area contributed by atoms with E-state index < -0.39 is 5.82 Å². The van der Waals surface area contributed by atoms with E-state index in [-0.39, 0.29) is 5.56 Å². The number of halogens is 1. The first-order chi connectivity index (χ1) is 9.76. The van der Waals surface area contributed by atoms with Gasteiger partial charge in [-0.3, -0.25) is 9.78 Å². The molecule has 0 saturated carbocycles. The van der Waals surface area contributed by atoms with Crippen molar-refractivity contribution in [1.29, 1.82) is 0 Å². The van der Waals surface area contributed by atoms with Crippen LogP contribution in [-0.2, 0) is 0 Å². The first kappa shape index (κ1) is 12.3. The van der Waals surface area contributed by atoms with E-state index in [0.29, 0.717) is 17.8 Å². The Kier molecular flexibility index (Phi) is 3.13. The number of hydrogen-bond donors (Lipinski definition) is 0. The Balaban J connectivity index is 1.98. The number of carbonyl (C=O) groups is 1. The molecule has 0 amide bonds. The van der Waals surface area contributed by atoms with E-state index in [0.717, 1.165) is 17.0 Å². The molecule has 98 valence electrons. The van der Waals surface area contributed by atoms with Crippen LogP contribution in [0.5, 0.6) is 11.5 Å². The van der Waals surface area contributed by atoms with E-state index in [9.17, 15) is 9.18 Å². The summed E-state index contributed by atoms with van der Waals surface area (Å²) in [4.78, 5) is 15.2. The van der Waals surface area contributed by atoms with Gasteiger partial charge in [-0.05, 0) is 30.3 Å². The van der Waals surface area contributed by atoms with Crippen molar-refractivity contribution < 1.29 is 13.9 Å². The second-order valence-electron chi connectivity index (χ2n) is 4.27. The molecule has 0 unspecified atom stereocenters. The van der Waals surface area contributed by atoms with Gasteiger partial charge in [0, 0.05) is 5.39 Å². The quantitative estimate of drug-likeness (QED) is 0.674. The van der Waals surface area contributed by atoms with Crippen LogP contribution in [0.4, 0.5) is 4.39 Å². The fourth-order valence-corrected chi connectivity index (χ4v) is 1.94. The van der Waals surface area contributed by atoms with Crippen LogP contribution in [0.2, 0.25) is 0 Å². The highest BCUT2D eigenvalue weighted by Gasteiger charge is 2.07. The van der Waals surface area contributed by atoms with E-state index in [1.54, 1.807) is 6.20 Å². The fourth-order valence-electron chi connectivity index (χ4n) is 1.94. The molecule has 20 heavy (non-hydrogen) atoms. The van der Waals surface area contributed by atoms with Crippen LogP contribution in [0, 0.1) is 5.82 Å². The second kappa shape index (κ2) is 5.09. The summed E-state index contributed by atoms with van der Waals surface area (Å²) in [5.41, 5.74) is 1.02. The van der Waals surface area contributed by atoms with Crippen molar-refractivity contribution in [2.75, 3.05) is 0 Å². The van der Waals surface area contributed by atoms with E-state index >= 15 is 0 Å². The van der Waals surface area contributed by atoms with Crippen LogP contribution in [0.25, 0.3) is 10.9 Å². The van der Waals surface area contributed by atoms with Gasteiger partial charge >= 0.3 is 0 Å². The third-order valence-electron chi connectivity index (χ3n) is 2.89. The summed E-state index contributed by atoms with van der Waals surface area (Å²) >= 11 is 0. The highest BCUT2D eigenvalue weighted by molar-refractivity contribution is 5.81. The fraction of sp³-hybridized carbons (Fsp3) is 0. The minimum absolute atomic E-state index is 0.165. The lowest BCUT2D eigenvalue weighted by Gasteiger charge is -2.08. The number of carbonyl (C=O) groups excluding carboxylic acids is 1. The summed E-state index contributed by atoms with van der Waals surface area (Å²) in [7, 11) is 0. The normalized spacial score (nSPS) is 10.4. The third-order valence-corrected chi connectivity index (χ3v) is 2.89. The molecule has 3 nitrogen and oxygen atoms in total. The number of aromatic nitrogens is 1. The summed E-state index contributed by atoms with van der Waals surface area (Å²) in [6, 6.07) is 13.2. The molecule has 0 spiro atoms. The highest BCUT2D eigenvalue weighted by Crippen LogP contribution is 2.26. The van der Waals surface area contributed by atoms with Crippen LogP contribution in [0.15, 0.2) is 54.7 Å². The maximum absolute atomic E-state index is 13.1. The molecular weight excluding hydrogens is 257 g/mol. The van der Waals surface area contributed by atoms with Gasteiger partial charge in [-0.15, -0.1) is 0 Å². The molecule has 0 aliphatic heterocycles. The SMILES string of the molecule is O=Cc1cc(F)ccc1Oc1cnc2ccccc2c1. The van der Waals surface area contributed by atoms with Gasteiger partial charge in [0.1, 0.15) is 17.3 Å². The maximum Gasteiger partial charge on any atom is 0.153 e. The van der Waals surface area contributed by atoms with Gasteiger partial charge < -0.3 is 4.74 Å². The summed E-state index contributed by atoms with van der Waals surface area (Å²) in [5.74, 6) is 0.327. The number of ether oxygens (including phenoxy) is 1. The van der Waals surface area contributed by atoms with Crippen LogP contribution in [-0.4, -0.2) is 11.3 Å². The summed E-state index contributed by atoms with van der Waals surface area (Å²) in [6.07, 6.45) is 2.13. The van der Waals surface area contributed by atoms with Gasteiger partial charge in [0.2, 0.25) is 0 Å². The van der Waals surface area contributed by atoms with Gasteiger partial charge in [-0.25, -0.2) is 4.39 Å². The first-order valence-electron chi connectivity index (χ1n) is 6.03. The van der Waals surface area contributed by atoms with Crippen molar-refractivity contribution in [3.63, 3.8) is 0 Å². The van der Waals surface area contributed by atoms with E-state index in [1.807, 2.05) is 30.3 Å². The summed E-state index contributed by atoms with van der Waals surface area (Å²) in [5, 5.41) is 0.930. The van der Waals surface area contributed by atoms with Crippen LogP contribution in [0.1, 0.15) is 10.4 Å². The Bertz CT molecular complexity index is 786. The largest absolute Gasteiger partial charge is 0.455 e. The lowest BCUT2D eigenvalue weighted by atomic mass is 10.2. The van der Waals surface area contributed by atoms with Gasteiger partial charge in [-0.1, -0.05) is 18.2 Å². The summed E-state index contributed by atoms with van der Waals surface area (Å²) < 4.78 is 18.7. The standard InChI is InChI=1S/C16H10FNO2/c17-13-5-6-16(12(7-13)10-19)20-14-8-11-3-1-2-4-15(11)18-9-14/h1-10H. The average molecular weight is 267 g/mol. The van der Waals surface area contributed by atoms with Crippen molar-refractivity contribution >= 4 is 17.2 Å². The Morgan fingerprint density at radius 1 is 1.10 bits per heavy atom. The van der Waals surface area contributed by atoms with Crippen molar-refractivity contribution in [3.8, 4) is 11.5 Å². The number of fused-ring (bicyclic) bond motifs is 1. The molecule has 3 rings (SSSR count). The minimum Gasteiger partial charge on any atom is -0.455 e. The molecule has 0 saturated heterocycles. The van der Waals surface area contributed by atoms with Crippen LogP contribution < -0.4 is 4.74 Å². The molecule has 2 aromatic carbocycles.